The largest absolute Gasteiger partial charge is 0.373 e. The van der Waals surface area contributed by atoms with Crippen LogP contribution in [0.25, 0.3) is 22.3 Å². The Hall–Kier alpha value is -2.83. The van der Waals surface area contributed by atoms with Gasteiger partial charge in [-0.15, -0.1) is 0 Å². The van der Waals surface area contributed by atoms with Crippen molar-refractivity contribution >= 4 is 16.8 Å². The van der Waals surface area contributed by atoms with Crippen molar-refractivity contribution in [1.29, 1.82) is 0 Å². The second-order valence-electron chi connectivity index (χ2n) is 8.94. The molecule has 1 aliphatic heterocycles. The number of para-hydroxylation sites is 1. The van der Waals surface area contributed by atoms with Gasteiger partial charge in [-0.2, -0.15) is 0 Å². The molecule has 1 N–H and O–H groups in total. The predicted molar refractivity (Wildman–Crippen MR) is 123 cm³/mol. The maximum atomic E-state index is 13.3. The van der Waals surface area contributed by atoms with Gasteiger partial charge in [0.1, 0.15) is 0 Å². The molecule has 3 heterocycles. The highest BCUT2D eigenvalue weighted by Gasteiger charge is 2.33. The average Bonchev–Trinajstić information content (AvgIpc) is 2.76. The van der Waals surface area contributed by atoms with Crippen LogP contribution in [-0.4, -0.2) is 58.2 Å². The Bertz CT molecular complexity index is 1060. The molecule has 0 bridgehead atoms. The second kappa shape index (κ2) is 8.73. The Kier molecular flexibility index (Phi) is 6.03. The number of hydrogen-bond donors (Lipinski definition) is 1. The SMILES string of the molecule is C[C@@H]1CN(C(C)(C)CNC(=O)c2cc(-c3ccccn3)nc3ccccc23)C[C@@H](C)O1. The zero-order chi connectivity index (χ0) is 22.0. The first-order valence-electron chi connectivity index (χ1n) is 10.8. The summed E-state index contributed by atoms with van der Waals surface area (Å²) in [5.74, 6) is -0.0989. The van der Waals surface area contributed by atoms with Gasteiger partial charge >= 0.3 is 0 Å². The summed E-state index contributed by atoms with van der Waals surface area (Å²) < 4.78 is 5.87. The molecular weight excluding hydrogens is 388 g/mol. The molecule has 0 aliphatic carbocycles. The van der Waals surface area contributed by atoms with Gasteiger partial charge in [0, 0.05) is 36.8 Å². The standard InChI is InChI=1S/C25H30N4O2/c1-17-14-29(15-18(2)31-17)25(3,4)16-27-24(30)20-13-23(22-11-7-8-12-26-22)28-21-10-6-5-9-19(20)21/h5-13,17-18H,14-16H2,1-4H3,(H,27,30)/t17-,18-/m1/s1. The minimum atomic E-state index is -0.186. The van der Waals surface area contributed by atoms with Gasteiger partial charge in [-0.1, -0.05) is 24.3 Å². The molecule has 0 saturated carbocycles. The summed E-state index contributed by atoms with van der Waals surface area (Å²) in [4.78, 5) is 24.8. The summed E-state index contributed by atoms with van der Waals surface area (Å²) in [5.41, 5.74) is 2.66. The van der Waals surface area contributed by atoms with Gasteiger partial charge in [-0.05, 0) is 52.0 Å². The van der Waals surface area contributed by atoms with E-state index < -0.39 is 0 Å². The molecule has 2 aromatic heterocycles. The number of morpholine rings is 1. The highest BCUT2D eigenvalue weighted by atomic mass is 16.5. The summed E-state index contributed by atoms with van der Waals surface area (Å²) in [6, 6.07) is 15.3. The van der Waals surface area contributed by atoms with Crippen LogP contribution >= 0.6 is 0 Å². The summed E-state index contributed by atoms with van der Waals surface area (Å²) >= 11 is 0. The summed E-state index contributed by atoms with van der Waals surface area (Å²) in [6.45, 7) is 10.8. The number of nitrogens with one attached hydrogen (secondary N) is 1. The first kappa shape index (κ1) is 21.4. The zero-order valence-corrected chi connectivity index (χ0v) is 18.6. The molecule has 6 nitrogen and oxygen atoms in total. The number of carbonyl (C=O) groups excluding carboxylic acids is 1. The number of fused-ring (bicyclic) bond motifs is 1. The van der Waals surface area contributed by atoms with Gasteiger partial charge in [-0.3, -0.25) is 14.7 Å². The van der Waals surface area contributed by atoms with Crippen molar-refractivity contribution in [1.82, 2.24) is 20.2 Å². The Morgan fingerprint density at radius 2 is 1.81 bits per heavy atom. The molecular formula is C25H30N4O2. The number of nitrogens with zero attached hydrogens (tertiary/aromatic N) is 3. The highest BCUT2D eigenvalue weighted by molar-refractivity contribution is 6.07. The van der Waals surface area contributed by atoms with Crippen LogP contribution in [-0.2, 0) is 4.74 Å². The van der Waals surface area contributed by atoms with E-state index in [0.717, 1.165) is 29.7 Å². The number of rotatable bonds is 5. The minimum absolute atomic E-state index is 0.0989. The minimum Gasteiger partial charge on any atom is -0.373 e. The molecule has 162 valence electrons. The molecule has 0 spiro atoms. The monoisotopic (exact) mass is 418 g/mol. The van der Waals surface area contributed by atoms with E-state index in [9.17, 15) is 4.79 Å². The Morgan fingerprint density at radius 3 is 2.52 bits per heavy atom. The molecule has 31 heavy (non-hydrogen) atoms. The smallest absolute Gasteiger partial charge is 0.252 e. The quantitative estimate of drug-likeness (QED) is 0.680. The van der Waals surface area contributed by atoms with Crippen LogP contribution in [0.5, 0.6) is 0 Å². The number of benzene rings is 1. The third-order valence-electron chi connectivity index (χ3n) is 5.85. The summed E-state index contributed by atoms with van der Waals surface area (Å²) in [5, 5.41) is 4.01. The predicted octanol–water partition coefficient (Wildman–Crippen LogP) is 3.91. The lowest BCUT2D eigenvalue weighted by Gasteiger charge is -2.45. The third-order valence-corrected chi connectivity index (χ3v) is 5.85. The average molecular weight is 419 g/mol. The topological polar surface area (TPSA) is 67.4 Å². The van der Waals surface area contributed by atoms with Crippen LogP contribution in [0.1, 0.15) is 38.1 Å². The Balaban J connectivity index is 1.59. The lowest BCUT2D eigenvalue weighted by atomic mass is 9.99. The van der Waals surface area contributed by atoms with E-state index in [-0.39, 0.29) is 23.7 Å². The van der Waals surface area contributed by atoms with E-state index in [1.165, 1.54) is 0 Å². The molecule has 1 fully saturated rings. The van der Waals surface area contributed by atoms with E-state index in [0.29, 0.717) is 17.8 Å². The first-order chi connectivity index (χ1) is 14.8. The van der Waals surface area contributed by atoms with E-state index in [2.05, 4.69) is 42.9 Å². The van der Waals surface area contributed by atoms with Crippen molar-refractivity contribution < 1.29 is 9.53 Å². The lowest BCUT2D eigenvalue weighted by Crippen LogP contribution is -2.58. The normalized spacial score (nSPS) is 20.0. The number of carbonyl (C=O) groups is 1. The van der Waals surface area contributed by atoms with Gasteiger partial charge in [-0.25, -0.2) is 4.98 Å². The van der Waals surface area contributed by atoms with E-state index in [1.54, 1.807) is 6.20 Å². The van der Waals surface area contributed by atoms with E-state index in [1.807, 2.05) is 48.5 Å². The first-order valence-corrected chi connectivity index (χ1v) is 10.8. The molecule has 4 rings (SSSR count). The molecule has 2 atom stereocenters. The molecule has 0 unspecified atom stereocenters. The molecule has 0 radical (unpaired) electrons. The number of ether oxygens (including phenoxy) is 1. The molecule has 1 aliphatic rings. The molecule has 6 heteroatoms. The van der Waals surface area contributed by atoms with Gasteiger partial charge < -0.3 is 10.1 Å². The van der Waals surface area contributed by atoms with Crippen LogP contribution in [0.4, 0.5) is 0 Å². The van der Waals surface area contributed by atoms with Crippen molar-refractivity contribution in [3.8, 4) is 11.4 Å². The fraction of sp³-hybridized carbons (Fsp3) is 0.400. The maximum absolute atomic E-state index is 13.3. The van der Waals surface area contributed by atoms with Gasteiger partial charge in [0.25, 0.3) is 5.91 Å². The van der Waals surface area contributed by atoms with Gasteiger partial charge in [0.05, 0.1) is 34.7 Å². The number of hydrogen-bond acceptors (Lipinski definition) is 5. The van der Waals surface area contributed by atoms with Crippen molar-refractivity contribution in [2.24, 2.45) is 0 Å². The lowest BCUT2D eigenvalue weighted by molar-refractivity contribution is -0.0948. The van der Waals surface area contributed by atoms with Gasteiger partial charge in [0.15, 0.2) is 0 Å². The van der Waals surface area contributed by atoms with Crippen LogP contribution in [0, 0.1) is 0 Å². The highest BCUT2D eigenvalue weighted by Crippen LogP contribution is 2.25. The fourth-order valence-electron chi connectivity index (χ4n) is 4.18. The molecule has 1 aromatic carbocycles. The summed E-state index contributed by atoms with van der Waals surface area (Å²) in [7, 11) is 0. The Labute approximate surface area is 183 Å². The molecule has 1 amide bonds. The number of pyridine rings is 2. The van der Waals surface area contributed by atoms with E-state index in [4.69, 9.17) is 9.72 Å². The van der Waals surface area contributed by atoms with Crippen LogP contribution in [0.15, 0.2) is 54.7 Å². The molecule has 3 aromatic rings. The van der Waals surface area contributed by atoms with E-state index >= 15 is 0 Å². The van der Waals surface area contributed by atoms with Crippen LogP contribution in [0.2, 0.25) is 0 Å². The summed E-state index contributed by atoms with van der Waals surface area (Å²) in [6.07, 6.45) is 2.10. The third kappa shape index (κ3) is 4.75. The number of aromatic nitrogens is 2. The van der Waals surface area contributed by atoms with Crippen molar-refractivity contribution in [2.75, 3.05) is 19.6 Å². The number of amides is 1. The van der Waals surface area contributed by atoms with Crippen molar-refractivity contribution in [3.63, 3.8) is 0 Å². The molecule has 1 saturated heterocycles. The Morgan fingerprint density at radius 1 is 1.10 bits per heavy atom. The zero-order valence-electron chi connectivity index (χ0n) is 18.6. The van der Waals surface area contributed by atoms with Crippen LogP contribution in [0.3, 0.4) is 0 Å². The van der Waals surface area contributed by atoms with Gasteiger partial charge in [0.2, 0.25) is 0 Å². The fourth-order valence-corrected chi connectivity index (χ4v) is 4.18. The van der Waals surface area contributed by atoms with Crippen LogP contribution < -0.4 is 5.32 Å². The second-order valence-corrected chi connectivity index (χ2v) is 8.94. The maximum Gasteiger partial charge on any atom is 0.252 e. The van der Waals surface area contributed by atoms with Crippen molar-refractivity contribution in [2.45, 2.75) is 45.4 Å². The van der Waals surface area contributed by atoms with Crippen molar-refractivity contribution in [3.05, 3.63) is 60.3 Å².